The average Bonchev–Trinajstić information content (AvgIpc) is 3.32. The molecule has 0 unspecified atom stereocenters. The van der Waals surface area contributed by atoms with E-state index in [-0.39, 0.29) is 22.2 Å². The van der Waals surface area contributed by atoms with Crippen molar-refractivity contribution in [2.24, 2.45) is 10.1 Å². The Labute approximate surface area is 187 Å². The number of aromatic amines is 1. The standard InChI is InChI=1S/C23H22F3N5O2/c24-23(25,26)16-6-3-5-15-18(22(32)29-19(15)16)21-20(14-4-1-2-7-17(14)28-21)30-33-13-12-31-10-8-27-9-11-31/h1-7,27,29,32H,8-13H2/b30-20+. The van der Waals surface area contributed by atoms with Gasteiger partial charge in [0.25, 0.3) is 0 Å². The van der Waals surface area contributed by atoms with Gasteiger partial charge in [0.15, 0.2) is 5.88 Å². The Kier molecular flexibility index (Phi) is 5.55. The van der Waals surface area contributed by atoms with Crippen LogP contribution < -0.4 is 5.32 Å². The molecule has 0 aliphatic carbocycles. The molecule has 0 spiro atoms. The van der Waals surface area contributed by atoms with Gasteiger partial charge in [0.2, 0.25) is 0 Å². The van der Waals surface area contributed by atoms with Crippen molar-refractivity contribution in [2.75, 3.05) is 39.3 Å². The number of H-pyrrole nitrogens is 1. The largest absolute Gasteiger partial charge is 0.494 e. The molecular formula is C23H22F3N5O2. The van der Waals surface area contributed by atoms with Crippen molar-refractivity contribution >= 4 is 28.0 Å². The number of hydrogen-bond donors (Lipinski definition) is 3. The van der Waals surface area contributed by atoms with Gasteiger partial charge in [0, 0.05) is 43.7 Å². The number of nitrogens with zero attached hydrogens (tertiary/aromatic N) is 3. The maximum absolute atomic E-state index is 13.5. The van der Waals surface area contributed by atoms with Gasteiger partial charge < -0.3 is 20.2 Å². The number of oxime groups is 1. The van der Waals surface area contributed by atoms with Gasteiger partial charge in [0.05, 0.1) is 22.3 Å². The highest BCUT2D eigenvalue weighted by atomic mass is 19.4. The Morgan fingerprint density at radius 1 is 1.09 bits per heavy atom. The molecule has 1 saturated heterocycles. The first-order valence-corrected chi connectivity index (χ1v) is 10.7. The van der Waals surface area contributed by atoms with E-state index >= 15 is 0 Å². The summed E-state index contributed by atoms with van der Waals surface area (Å²) in [6.07, 6.45) is -4.57. The summed E-state index contributed by atoms with van der Waals surface area (Å²) in [5.74, 6) is -0.401. The van der Waals surface area contributed by atoms with Crippen LogP contribution in [0, 0.1) is 0 Å². The highest BCUT2D eigenvalue weighted by Gasteiger charge is 2.36. The van der Waals surface area contributed by atoms with Crippen LogP contribution in [0.2, 0.25) is 0 Å². The molecule has 0 amide bonds. The zero-order valence-corrected chi connectivity index (χ0v) is 17.6. The van der Waals surface area contributed by atoms with Gasteiger partial charge in [-0.25, -0.2) is 4.99 Å². The van der Waals surface area contributed by atoms with Crippen LogP contribution in [0.1, 0.15) is 16.7 Å². The minimum atomic E-state index is -4.57. The summed E-state index contributed by atoms with van der Waals surface area (Å²) >= 11 is 0. The van der Waals surface area contributed by atoms with E-state index in [1.54, 1.807) is 6.07 Å². The molecule has 1 fully saturated rings. The second-order valence-corrected chi connectivity index (χ2v) is 7.92. The van der Waals surface area contributed by atoms with Crippen molar-refractivity contribution in [3.63, 3.8) is 0 Å². The number of nitrogens with one attached hydrogen (secondary N) is 2. The lowest BCUT2D eigenvalue weighted by atomic mass is 10.00. The first-order valence-electron chi connectivity index (χ1n) is 10.7. The number of para-hydroxylation sites is 2. The van der Waals surface area contributed by atoms with Crippen LogP contribution in [-0.4, -0.2) is 65.7 Å². The van der Waals surface area contributed by atoms with Gasteiger partial charge in [-0.15, -0.1) is 0 Å². The Balaban J connectivity index is 1.50. The summed E-state index contributed by atoms with van der Waals surface area (Å²) in [6, 6.07) is 11.0. The molecule has 0 bridgehead atoms. The number of hydrogen-bond acceptors (Lipinski definition) is 6. The van der Waals surface area contributed by atoms with Gasteiger partial charge in [-0.2, -0.15) is 13.2 Å². The fourth-order valence-corrected chi connectivity index (χ4v) is 4.23. The van der Waals surface area contributed by atoms with Crippen molar-refractivity contribution in [3.05, 3.63) is 59.2 Å². The maximum atomic E-state index is 13.5. The van der Waals surface area contributed by atoms with Crippen LogP contribution >= 0.6 is 0 Å². The molecular weight excluding hydrogens is 435 g/mol. The van der Waals surface area contributed by atoms with Crippen LogP contribution in [0.15, 0.2) is 52.6 Å². The fraction of sp³-hybridized carbons (Fsp3) is 0.304. The van der Waals surface area contributed by atoms with Gasteiger partial charge in [0.1, 0.15) is 18.0 Å². The Hall–Kier alpha value is -3.37. The zero-order chi connectivity index (χ0) is 23.0. The highest BCUT2D eigenvalue weighted by Crippen LogP contribution is 2.40. The third kappa shape index (κ3) is 4.07. The van der Waals surface area contributed by atoms with Gasteiger partial charge in [-0.3, -0.25) is 4.90 Å². The van der Waals surface area contributed by atoms with E-state index < -0.39 is 17.6 Å². The van der Waals surface area contributed by atoms with Crippen LogP contribution in [0.3, 0.4) is 0 Å². The zero-order valence-electron chi connectivity index (χ0n) is 17.6. The summed E-state index contributed by atoms with van der Waals surface area (Å²) < 4.78 is 40.5. The molecule has 2 aromatic carbocycles. The van der Waals surface area contributed by atoms with Crippen LogP contribution in [0.4, 0.5) is 18.9 Å². The molecule has 3 heterocycles. The lowest BCUT2D eigenvalue weighted by molar-refractivity contribution is -0.136. The van der Waals surface area contributed by atoms with E-state index in [4.69, 9.17) is 4.84 Å². The van der Waals surface area contributed by atoms with Gasteiger partial charge >= 0.3 is 6.18 Å². The summed E-state index contributed by atoms with van der Waals surface area (Å²) in [5, 5.41) is 18.4. The lowest BCUT2D eigenvalue weighted by Crippen LogP contribution is -2.44. The number of aliphatic imine (C=N–C) groups is 1. The Morgan fingerprint density at radius 2 is 1.88 bits per heavy atom. The summed E-state index contributed by atoms with van der Waals surface area (Å²) in [5.41, 5.74) is 1.05. The second kappa shape index (κ2) is 8.53. The minimum absolute atomic E-state index is 0.164. The Bertz CT molecular complexity index is 1240. The summed E-state index contributed by atoms with van der Waals surface area (Å²) in [7, 11) is 0. The molecule has 33 heavy (non-hydrogen) atoms. The molecule has 1 aromatic heterocycles. The minimum Gasteiger partial charge on any atom is -0.494 e. The van der Waals surface area contributed by atoms with Crippen molar-refractivity contribution in [1.82, 2.24) is 15.2 Å². The number of piperazine rings is 1. The van der Waals surface area contributed by atoms with Crippen LogP contribution in [0.5, 0.6) is 5.88 Å². The highest BCUT2D eigenvalue weighted by molar-refractivity contribution is 6.58. The molecule has 2 aliphatic rings. The number of alkyl halides is 3. The molecule has 0 atom stereocenters. The third-order valence-electron chi connectivity index (χ3n) is 5.84. The normalized spacial score (nSPS) is 18.0. The van der Waals surface area contributed by atoms with Crippen molar-refractivity contribution in [3.8, 4) is 5.88 Å². The topological polar surface area (TPSA) is 85.2 Å². The number of aromatic hydroxyl groups is 1. The summed E-state index contributed by atoms with van der Waals surface area (Å²) in [4.78, 5) is 14.9. The molecule has 7 nitrogen and oxygen atoms in total. The molecule has 10 heteroatoms. The van der Waals surface area contributed by atoms with Crippen LogP contribution in [0.25, 0.3) is 10.9 Å². The van der Waals surface area contributed by atoms with Crippen molar-refractivity contribution < 1.29 is 23.1 Å². The predicted molar refractivity (Wildman–Crippen MR) is 119 cm³/mol. The van der Waals surface area contributed by atoms with E-state index in [9.17, 15) is 18.3 Å². The predicted octanol–water partition coefficient (Wildman–Crippen LogP) is 3.65. The molecule has 3 aromatic rings. The number of halogens is 3. The molecule has 3 N–H and O–H groups in total. The van der Waals surface area contributed by atoms with Crippen molar-refractivity contribution in [2.45, 2.75) is 6.18 Å². The SMILES string of the molecule is Oc1[nH]c2c(C(F)(F)F)cccc2c1C1=Nc2ccccc2/C1=N\OCCN1CCNCC1. The van der Waals surface area contributed by atoms with Crippen molar-refractivity contribution in [1.29, 1.82) is 0 Å². The molecule has 5 rings (SSSR count). The fourth-order valence-electron chi connectivity index (χ4n) is 4.23. The quantitative estimate of drug-likeness (QED) is 0.403. The monoisotopic (exact) mass is 457 g/mol. The summed E-state index contributed by atoms with van der Waals surface area (Å²) in [6.45, 7) is 4.79. The van der Waals surface area contributed by atoms with E-state index in [1.165, 1.54) is 12.1 Å². The van der Waals surface area contributed by atoms with E-state index in [0.717, 1.165) is 32.2 Å². The first-order chi connectivity index (χ1) is 15.9. The first kappa shape index (κ1) is 21.5. The number of rotatable bonds is 5. The van der Waals surface area contributed by atoms with E-state index in [2.05, 4.69) is 25.3 Å². The lowest BCUT2D eigenvalue weighted by Gasteiger charge is -2.26. The van der Waals surface area contributed by atoms with E-state index in [1.807, 2.05) is 18.2 Å². The smallest absolute Gasteiger partial charge is 0.418 e. The number of aromatic nitrogens is 1. The van der Waals surface area contributed by atoms with Crippen LogP contribution in [-0.2, 0) is 11.0 Å². The Morgan fingerprint density at radius 3 is 2.67 bits per heavy atom. The average molecular weight is 457 g/mol. The third-order valence-corrected chi connectivity index (χ3v) is 5.84. The molecule has 172 valence electrons. The molecule has 0 radical (unpaired) electrons. The van der Waals surface area contributed by atoms with Gasteiger partial charge in [-0.05, 0) is 12.1 Å². The maximum Gasteiger partial charge on any atom is 0.418 e. The second-order valence-electron chi connectivity index (χ2n) is 7.92. The van der Waals surface area contributed by atoms with E-state index in [0.29, 0.717) is 30.1 Å². The number of benzene rings is 2. The van der Waals surface area contributed by atoms with Gasteiger partial charge in [-0.1, -0.05) is 35.5 Å². The molecule has 0 saturated carbocycles. The molecule has 2 aliphatic heterocycles. The number of fused-ring (bicyclic) bond motifs is 2.